The molecular formula is C19H22Cl2N6. The molecule has 0 unspecified atom stereocenters. The van der Waals surface area contributed by atoms with Crippen molar-refractivity contribution >= 4 is 35.2 Å². The van der Waals surface area contributed by atoms with E-state index in [4.69, 9.17) is 33.6 Å². The lowest BCUT2D eigenvalue weighted by Gasteiger charge is -2.14. The Hall–Kier alpha value is -2.31. The number of allylic oxidation sites excluding steroid dienone is 1. The van der Waals surface area contributed by atoms with E-state index >= 15 is 0 Å². The highest BCUT2D eigenvalue weighted by molar-refractivity contribution is 6.36. The van der Waals surface area contributed by atoms with E-state index in [0.717, 1.165) is 22.8 Å². The SMILES string of the molecule is CN/C(=C\C=N)NCCNc1nc(-c2ccc(Cl)cc2Cl)ncc1C1CC1. The molecule has 0 aliphatic heterocycles. The monoisotopic (exact) mass is 404 g/mol. The Kier molecular flexibility index (Phi) is 6.53. The van der Waals surface area contributed by atoms with Crippen molar-refractivity contribution in [3.63, 3.8) is 0 Å². The molecule has 1 aromatic carbocycles. The van der Waals surface area contributed by atoms with Gasteiger partial charge in [0.15, 0.2) is 5.82 Å². The van der Waals surface area contributed by atoms with E-state index in [9.17, 15) is 0 Å². The highest BCUT2D eigenvalue weighted by Crippen LogP contribution is 2.43. The third-order valence-electron chi connectivity index (χ3n) is 4.26. The Morgan fingerprint density at radius 1 is 1.30 bits per heavy atom. The van der Waals surface area contributed by atoms with E-state index in [1.807, 2.05) is 19.3 Å². The molecule has 142 valence electrons. The molecule has 0 saturated heterocycles. The normalized spacial score (nSPS) is 14.0. The van der Waals surface area contributed by atoms with Crippen LogP contribution in [0.4, 0.5) is 5.82 Å². The topological polar surface area (TPSA) is 85.7 Å². The molecule has 1 aliphatic rings. The van der Waals surface area contributed by atoms with E-state index in [1.165, 1.54) is 19.1 Å². The molecule has 0 atom stereocenters. The third-order valence-corrected chi connectivity index (χ3v) is 4.81. The first-order valence-corrected chi connectivity index (χ1v) is 9.56. The summed E-state index contributed by atoms with van der Waals surface area (Å²) in [6.45, 7) is 1.37. The predicted molar refractivity (Wildman–Crippen MR) is 112 cm³/mol. The lowest BCUT2D eigenvalue weighted by atomic mass is 10.1. The van der Waals surface area contributed by atoms with Crippen LogP contribution in [0.2, 0.25) is 10.0 Å². The number of nitrogens with zero attached hydrogens (tertiary/aromatic N) is 2. The van der Waals surface area contributed by atoms with Crippen molar-refractivity contribution in [1.82, 2.24) is 20.6 Å². The van der Waals surface area contributed by atoms with Gasteiger partial charge in [-0.3, -0.25) is 0 Å². The molecule has 1 saturated carbocycles. The molecule has 0 amide bonds. The first-order valence-electron chi connectivity index (χ1n) is 8.81. The van der Waals surface area contributed by atoms with Crippen LogP contribution in [-0.2, 0) is 0 Å². The summed E-state index contributed by atoms with van der Waals surface area (Å²) in [6, 6.07) is 5.32. The van der Waals surface area contributed by atoms with Gasteiger partial charge in [0.2, 0.25) is 0 Å². The van der Waals surface area contributed by atoms with Gasteiger partial charge in [0, 0.05) is 48.7 Å². The third kappa shape index (κ3) is 5.11. The lowest BCUT2D eigenvalue weighted by molar-refractivity contribution is 0.746. The summed E-state index contributed by atoms with van der Waals surface area (Å²) in [7, 11) is 1.81. The Labute approximate surface area is 168 Å². The number of anilines is 1. The van der Waals surface area contributed by atoms with Gasteiger partial charge in [-0.25, -0.2) is 9.97 Å². The molecular weight excluding hydrogens is 383 g/mol. The Bertz CT molecular complexity index is 848. The highest BCUT2D eigenvalue weighted by atomic mass is 35.5. The minimum Gasteiger partial charge on any atom is -0.375 e. The summed E-state index contributed by atoms with van der Waals surface area (Å²) in [6.07, 6.45) is 7.15. The van der Waals surface area contributed by atoms with Crippen molar-refractivity contribution < 1.29 is 0 Å². The first kappa shape index (κ1) is 19.5. The van der Waals surface area contributed by atoms with Crippen molar-refractivity contribution in [3.8, 4) is 11.4 Å². The van der Waals surface area contributed by atoms with Gasteiger partial charge < -0.3 is 21.4 Å². The van der Waals surface area contributed by atoms with Crippen molar-refractivity contribution in [3.05, 3.63) is 51.9 Å². The number of aromatic nitrogens is 2. The zero-order valence-corrected chi connectivity index (χ0v) is 16.5. The lowest BCUT2D eigenvalue weighted by Crippen LogP contribution is -2.28. The predicted octanol–water partition coefficient (Wildman–Crippen LogP) is 4.04. The number of hydrogen-bond acceptors (Lipinski definition) is 6. The van der Waals surface area contributed by atoms with Gasteiger partial charge in [0.1, 0.15) is 5.82 Å². The molecule has 1 aliphatic carbocycles. The molecule has 0 bridgehead atoms. The average Bonchev–Trinajstić information content (AvgIpc) is 3.49. The minimum absolute atomic E-state index is 0.529. The zero-order chi connectivity index (χ0) is 19.2. The molecule has 0 radical (unpaired) electrons. The van der Waals surface area contributed by atoms with Crippen molar-refractivity contribution in [1.29, 1.82) is 5.41 Å². The van der Waals surface area contributed by atoms with Crippen molar-refractivity contribution in [2.75, 3.05) is 25.5 Å². The van der Waals surface area contributed by atoms with E-state index in [2.05, 4.69) is 20.9 Å². The fraction of sp³-hybridized carbons (Fsp3) is 0.316. The quantitative estimate of drug-likeness (QED) is 0.374. The Morgan fingerprint density at radius 2 is 2.11 bits per heavy atom. The van der Waals surface area contributed by atoms with Crippen LogP contribution >= 0.6 is 23.2 Å². The summed E-state index contributed by atoms with van der Waals surface area (Å²) < 4.78 is 0. The maximum Gasteiger partial charge on any atom is 0.163 e. The number of benzene rings is 1. The second kappa shape index (κ2) is 9.06. The summed E-state index contributed by atoms with van der Waals surface area (Å²) in [5.74, 6) is 2.75. The molecule has 4 N–H and O–H groups in total. The van der Waals surface area contributed by atoms with Crippen molar-refractivity contribution in [2.45, 2.75) is 18.8 Å². The van der Waals surface area contributed by atoms with E-state index in [0.29, 0.717) is 34.9 Å². The summed E-state index contributed by atoms with van der Waals surface area (Å²) >= 11 is 12.3. The Morgan fingerprint density at radius 3 is 2.78 bits per heavy atom. The zero-order valence-electron chi connectivity index (χ0n) is 15.0. The van der Waals surface area contributed by atoms with Crippen LogP contribution in [0.1, 0.15) is 24.3 Å². The van der Waals surface area contributed by atoms with Crippen molar-refractivity contribution in [2.24, 2.45) is 0 Å². The van der Waals surface area contributed by atoms with Gasteiger partial charge in [-0.1, -0.05) is 23.2 Å². The highest BCUT2D eigenvalue weighted by Gasteiger charge is 2.27. The van der Waals surface area contributed by atoms with E-state index in [1.54, 1.807) is 18.2 Å². The molecule has 8 heteroatoms. The van der Waals surface area contributed by atoms with Gasteiger partial charge in [-0.15, -0.1) is 0 Å². The van der Waals surface area contributed by atoms with Crippen LogP contribution in [0.15, 0.2) is 36.3 Å². The smallest absolute Gasteiger partial charge is 0.163 e. The number of nitrogens with one attached hydrogen (secondary N) is 4. The molecule has 6 nitrogen and oxygen atoms in total. The summed E-state index contributed by atoms with van der Waals surface area (Å²) in [5.41, 5.74) is 1.91. The molecule has 1 fully saturated rings. The molecule has 27 heavy (non-hydrogen) atoms. The molecule has 2 aromatic rings. The van der Waals surface area contributed by atoms with E-state index < -0.39 is 0 Å². The van der Waals surface area contributed by atoms with E-state index in [-0.39, 0.29) is 0 Å². The van der Waals surface area contributed by atoms with Crippen LogP contribution < -0.4 is 16.0 Å². The van der Waals surface area contributed by atoms with Crippen LogP contribution in [0.5, 0.6) is 0 Å². The van der Waals surface area contributed by atoms with Crippen LogP contribution in [0.3, 0.4) is 0 Å². The minimum atomic E-state index is 0.529. The second-order valence-electron chi connectivity index (χ2n) is 6.25. The second-order valence-corrected chi connectivity index (χ2v) is 7.09. The van der Waals surface area contributed by atoms with Gasteiger partial charge in [-0.05, 0) is 43.0 Å². The van der Waals surface area contributed by atoms with Crippen LogP contribution in [0, 0.1) is 5.41 Å². The maximum atomic E-state index is 7.14. The first-order chi connectivity index (χ1) is 13.1. The Balaban J connectivity index is 1.74. The molecule has 0 spiro atoms. The van der Waals surface area contributed by atoms with Gasteiger partial charge in [0.25, 0.3) is 0 Å². The standard InChI is InChI=1S/C19H22Cl2N6/c1-23-17(6-7-22)24-8-9-25-19-15(12-2-3-12)11-26-18(27-19)14-5-4-13(20)10-16(14)21/h4-7,10-12,22-24H,2-3,8-9H2,1H3,(H,25,26,27)/b17-6+,22-7?. The van der Waals surface area contributed by atoms with Crippen LogP contribution in [-0.4, -0.2) is 36.3 Å². The molecule has 1 heterocycles. The largest absolute Gasteiger partial charge is 0.375 e. The van der Waals surface area contributed by atoms with Crippen LogP contribution in [0.25, 0.3) is 11.4 Å². The van der Waals surface area contributed by atoms with Gasteiger partial charge in [0.05, 0.1) is 10.8 Å². The fourth-order valence-corrected chi connectivity index (χ4v) is 3.21. The number of rotatable bonds is 9. The number of halogens is 2. The molecule has 1 aromatic heterocycles. The fourth-order valence-electron chi connectivity index (χ4n) is 2.72. The molecule has 3 rings (SSSR count). The maximum absolute atomic E-state index is 7.14. The summed E-state index contributed by atoms with van der Waals surface area (Å²) in [5, 5.41) is 17.9. The average molecular weight is 405 g/mol. The summed E-state index contributed by atoms with van der Waals surface area (Å²) in [4.78, 5) is 9.24. The van der Waals surface area contributed by atoms with Gasteiger partial charge in [-0.2, -0.15) is 0 Å². The number of hydrogen-bond donors (Lipinski definition) is 4. The van der Waals surface area contributed by atoms with Gasteiger partial charge >= 0.3 is 0 Å².